The molecule has 3 aromatic carbocycles. The highest BCUT2D eigenvalue weighted by Crippen LogP contribution is 2.25. The van der Waals surface area contributed by atoms with Gasteiger partial charge < -0.3 is 18.9 Å². The van der Waals surface area contributed by atoms with Crippen LogP contribution in [-0.2, 0) is 9.59 Å². The van der Waals surface area contributed by atoms with E-state index in [4.69, 9.17) is 18.9 Å². The molecule has 0 fully saturated rings. The minimum absolute atomic E-state index is 0.249. The maximum absolute atomic E-state index is 12.4. The van der Waals surface area contributed by atoms with Crippen molar-refractivity contribution in [3.05, 3.63) is 109 Å². The lowest BCUT2D eigenvalue weighted by Crippen LogP contribution is -2.11. The summed E-state index contributed by atoms with van der Waals surface area (Å²) in [4.78, 5) is 47.3. The molecule has 0 saturated heterocycles. The van der Waals surface area contributed by atoms with Crippen molar-refractivity contribution >= 4 is 23.9 Å². The standard InChI is InChI=1S/C27H20O8/c1-4-24(28)32-20-10-6-18(7-11-20)26(30)34-22-14-15-23(17(3)16-22)35-27(31)19-8-12-21(13-9-19)33-25(29)5-2/h4-16H,1-2H2,3H3. The highest BCUT2D eigenvalue weighted by molar-refractivity contribution is 5.92. The molecule has 0 bridgehead atoms. The molecule has 176 valence electrons. The molecule has 0 N–H and O–H groups in total. The number of hydrogen-bond donors (Lipinski definition) is 0. The molecule has 8 nitrogen and oxygen atoms in total. The summed E-state index contributed by atoms with van der Waals surface area (Å²) in [5, 5.41) is 0. The summed E-state index contributed by atoms with van der Waals surface area (Å²) in [5.74, 6) is -1.38. The molecular formula is C27H20O8. The molecule has 0 aliphatic carbocycles. The summed E-state index contributed by atoms with van der Waals surface area (Å²) in [5.41, 5.74) is 1.06. The van der Waals surface area contributed by atoms with Gasteiger partial charge >= 0.3 is 23.9 Å². The minimum Gasteiger partial charge on any atom is -0.423 e. The number of carbonyl (C=O) groups excluding carboxylic acids is 4. The molecule has 0 aliphatic rings. The van der Waals surface area contributed by atoms with Crippen LogP contribution in [0.5, 0.6) is 23.0 Å². The number of hydrogen-bond acceptors (Lipinski definition) is 8. The van der Waals surface area contributed by atoms with Crippen LogP contribution in [0.2, 0.25) is 0 Å². The third-order valence-corrected chi connectivity index (χ3v) is 4.51. The van der Waals surface area contributed by atoms with E-state index >= 15 is 0 Å². The maximum atomic E-state index is 12.4. The van der Waals surface area contributed by atoms with Crippen molar-refractivity contribution in [2.24, 2.45) is 0 Å². The summed E-state index contributed by atoms with van der Waals surface area (Å²) in [6.07, 6.45) is 2.07. The second kappa shape index (κ2) is 11.2. The molecular weight excluding hydrogens is 452 g/mol. The maximum Gasteiger partial charge on any atom is 0.343 e. The lowest BCUT2D eigenvalue weighted by molar-refractivity contribution is -0.129. The zero-order chi connectivity index (χ0) is 25.4. The first-order valence-corrected chi connectivity index (χ1v) is 10.2. The van der Waals surface area contributed by atoms with Crippen molar-refractivity contribution in [1.29, 1.82) is 0 Å². The first-order chi connectivity index (χ1) is 16.8. The molecule has 35 heavy (non-hydrogen) atoms. The van der Waals surface area contributed by atoms with E-state index in [9.17, 15) is 19.2 Å². The van der Waals surface area contributed by atoms with E-state index in [0.717, 1.165) is 12.2 Å². The topological polar surface area (TPSA) is 105 Å². The molecule has 0 amide bonds. The van der Waals surface area contributed by atoms with Gasteiger partial charge in [0.25, 0.3) is 0 Å². The van der Waals surface area contributed by atoms with E-state index in [2.05, 4.69) is 13.2 Å². The second-order valence-electron chi connectivity index (χ2n) is 7.01. The van der Waals surface area contributed by atoms with Crippen LogP contribution >= 0.6 is 0 Å². The van der Waals surface area contributed by atoms with Crippen LogP contribution < -0.4 is 18.9 Å². The van der Waals surface area contributed by atoms with E-state index in [1.165, 1.54) is 60.7 Å². The normalized spacial score (nSPS) is 9.97. The fourth-order valence-electron chi connectivity index (χ4n) is 2.76. The van der Waals surface area contributed by atoms with Crippen LogP contribution in [0.25, 0.3) is 0 Å². The molecule has 3 aromatic rings. The molecule has 0 aliphatic heterocycles. The van der Waals surface area contributed by atoms with E-state index in [1.807, 2.05) is 0 Å². The predicted octanol–water partition coefficient (Wildman–Crippen LogP) is 4.62. The van der Waals surface area contributed by atoms with Crippen molar-refractivity contribution < 1.29 is 38.1 Å². The number of carbonyl (C=O) groups is 4. The van der Waals surface area contributed by atoms with Crippen molar-refractivity contribution in [1.82, 2.24) is 0 Å². The molecule has 0 saturated carbocycles. The van der Waals surface area contributed by atoms with Crippen LogP contribution in [0, 0.1) is 6.92 Å². The molecule has 0 aromatic heterocycles. The first kappa shape index (κ1) is 24.7. The Balaban J connectivity index is 1.62. The number of esters is 4. The zero-order valence-corrected chi connectivity index (χ0v) is 18.7. The number of aryl methyl sites for hydroxylation is 1. The highest BCUT2D eigenvalue weighted by atomic mass is 16.5. The Morgan fingerprint density at radius 1 is 0.600 bits per heavy atom. The van der Waals surface area contributed by atoms with Gasteiger partial charge in [0, 0.05) is 12.2 Å². The summed E-state index contributed by atoms with van der Waals surface area (Å²) >= 11 is 0. The molecule has 8 heteroatoms. The zero-order valence-electron chi connectivity index (χ0n) is 18.7. The van der Waals surface area contributed by atoms with Crippen LogP contribution in [0.15, 0.2) is 92.0 Å². The molecule has 0 radical (unpaired) electrons. The minimum atomic E-state index is -0.618. The number of benzene rings is 3. The third-order valence-electron chi connectivity index (χ3n) is 4.51. The smallest absolute Gasteiger partial charge is 0.343 e. The van der Waals surface area contributed by atoms with Crippen molar-refractivity contribution in [2.45, 2.75) is 6.92 Å². The summed E-state index contributed by atoms with van der Waals surface area (Å²) in [6, 6.07) is 16.2. The Morgan fingerprint density at radius 3 is 1.46 bits per heavy atom. The fourth-order valence-corrected chi connectivity index (χ4v) is 2.76. The Kier molecular flexibility index (Phi) is 7.92. The number of rotatable bonds is 8. The van der Waals surface area contributed by atoms with E-state index in [-0.39, 0.29) is 34.1 Å². The summed E-state index contributed by atoms with van der Waals surface area (Å²) < 4.78 is 20.7. The van der Waals surface area contributed by atoms with Gasteiger partial charge in [0.2, 0.25) is 0 Å². The molecule has 0 unspecified atom stereocenters. The van der Waals surface area contributed by atoms with Gasteiger partial charge in [-0.1, -0.05) is 13.2 Å². The Bertz CT molecular complexity index is 1290. The summed E-state index contributed by atoms with van der Waals surface area (Å²) in [7, 11) is 0. The van der Waals surface area contributed by atoms with Gasteiger partial charge in [-0.2, -0.15) is 0 Å². The Morgan fingerprint density at radius 2 is 1.03 bits per heavy atom. The first-order valence-electron chi connectivity index (χ1n) is 10.2. The van der Waals surface area contributed by atoms with Gasteiger partial charge in [0.1, 0.15) is 23.0 Å². The summed E-state index contributed by atoms with van der Waals surface area (Å²) in [6.45, 7) is 8.32. The quantitative estimate of drug-likeness (QED) is 0.266. The van der Waals surface area contributed by atoms with E-state index in [1.54, 1.807) is 13.0 Å². The largest absolute Gasteiger partial charge is 0.423 e. The SMILES string of the molecule is C=CC(=O)Oc1ccc(C(=O)Oc2ccc(OC(=O)c3ccc(OC(=O)C=C)cc3)c(C)c2)cc1. The van der Waals surface area contributed by atoms with Gasteiger partial charge in [0.15, 0.2) is 0 Å². The van der Waals surface area contributed by atoms with Crippen LogP contribution in [0.3, 0.4) is 0 Å². The van der Waals surface area contributed by atoms with Gasteiger partial charge in [0.05, 0.1) is 11.1 Å². The van der Waals surface area contributed by atoms with Crippen molar-refractivity contribution in [3.8, 4) is 23.0 Å². The average Bonchev–Trinajstić information content (AvgIpc) is 2.86. The van der Waals surface area contributed by atoms with E-state index < -0.39 is 23.9 Å². The molecule has 3 rings (SSSR count). The lowest BCUT2D eigenvalue weighted by atomic mass is 10.2. The van der Waals surface area contributed by atoms with Crippen LogP contribution in [0.1, 0.15) is 26.3 Å². The van der Waals surface area contributed by atoms with Crippen LogP contribution in [-0.4, -0.2) is 23.9 Å². The third kappa shape index (κ3) is 6.75. The van der Waals surface area contributed by atoms with Crippen molar-refractivity contribution in [3.63, 3.8) is 0 Å². The van der Waals surface area contributed by atoms with Gasteiger partial charge in [-0.05, 0) is 79.2 Å². The van der Waals surface area contributed by atoms with Gasteiger partial charge in [-0.15, -0.1) is 0 Å². The fraction of sp³-hybridized carbons (Fsp3) is 0.0370. The Labute approximate surface area is 201 Å². The monoisotopic (exact) mass is 472 g/mol. The van der Waals surface area contributed by atoms with E-state index in [0.29, 0.717) is 5.56 Å². The molecule has 0 spiro atoms. The van der Waals surface area contributed by atoms with Crippen molar-refractivity contribution in [2.75, 3.05) is 0 Å². The predicted molar refractivity (Wildman–Crippen MR) is 126 cm³/mol. The number of ether oxygens (including phenoxy) is 4. The lowest BCUT2D eigenvalue weighted by Gasteiger charge is -2.10. The van der Waals surface area contributed by atoms with Crippen LogP contribution in [0.4, 0.5) is 0 Å². The van der Waals surface area contributed by atoms with Gasteiger partial charge in [-0.3, -0.25) is 0 Å². The van der Waals surface area contributed by atoms with Gasteiger partial charge in [-0.25, -0.2) is 19.2 Å². The highest BCUT2D eigenvalue weighted by Gasteiger charge is 2.14. The average molecular weight is 472 g/mol. The molecule has 0 atom stereocenters. The second-order valence-corrected chi connectivity index (χ2v) is 7.01. The Hall–Kier alpha value is -4.98. The molecule has 0 heterocycles.